The number of nitrogens with two attached hydrogens (primary N) is 1. The molecule has 0 saturated heterocycles. The Kier molecular flexibility index (Phi) is 6.57. The van der Waals surface area contributed by atoms with Crippen LogP contribution < -0.4 is 10.5 Å². The van der Waals surface area contributed by atoms with Crippen LogP contribution in [0.3, 0.4) is 0 Å². The van der Waals surface area contributed by atoms with Crippen LogP contribution in [-0.2, 0) is 14.3 Å². The first kappa shape index (κ1) is 16.0. The third kappa shape index (κ3) is 5.31. The minimum atomic E-state index is -0.880. The summed E-state index contributed by atoms with van der Waals surface area (Å²) in [6, 6.07) is 0. The van der Waals surface area contributed by atoms with Crippen molar-refractivity contribution in [2.24, 2.45) is 0 Å². The molecule has 0 spiro atoms. The molecule has 8 nitrogen and oxygen atoms in total. The lowest BCUT2D eigenvalue weighted by molar-refractivity contribution is -0.139. The van der Waals surface area contributed by atoms with Crippen LogP contribution in [0.4, 0.5) is 10.6 Å². The summed E-state index contributed by atoms with van der Waals surface area (Å²) >= 11 is 1.07. The molecule has 0 aliphatic carbocycles. The average Bonchev–Trinajstić information content (AvgIpc) is 2.40. The fourth-order valence-electron chi connectivity index (χ4n) is 1.08. The molecule has 0 atom stereocenters. The van der Waals surface area contributed by atoms with Crippen LogP contribution in [0.1, 0.15) is 13.8 Å². The van der Waals surface area contributed by atoms with Crippen molar-refractivity contribution in [1.82, 2.24) is 9.97 Å². The molecule has 0 aliphatic rings. The minimum Gasteiger partial charge on any atom is -0.465 e. The first-order chi connectivity index (χ1) is 9.56. The number of carbonyl (C=O) groups is 2. The average molecular weight is 301 g/mol. The molecule has 1 aromatic rings. The molecule has 0 amide bonds. The van der Waals surface area contributed by atoms with E-state index in [0.717, 1.165) is 11.8 Å². The number of hydrogen-bond donors (Lipinski definition) is 1. The molecule has 1 heterocycles. The number of thioether (sulfide) groups is 1. The second-order valence-corrected chi connectivity index (χ2v) is 4.22. The van der Waals surface area contributed by atoms with Gasteiger partial charge < -0.3 is 19.9 Å². The molecule has 9 heteroatoms. The van der Waals surface area contributed by atoms with E-state index in [1.807, 2.05) is 0 Å². The molecule has 1 rings (SSSR count). The first-order valence-corrected chi connectivity index (χ1v) is 6.80. The van der Waals surface area contributed by atoms with Gasteiger partial charge in [0.25, 0.3) is 0 Å². The smallest absolute Gasteiger partial charge is 0.465 e. The van der Waals surface area contributed by atoms with Gasteiger partial charge in [-0.05, 0) is 13.8 Å². The lowest BCUT2D eigenvalue weighted by Crippen LogP contribution is -2.12. The normalized spacial score (nSPS) is 9.90. The van der Waals surface area contributed by atoms with Gasteiger partial charge in [0.15, 0.2) is 16.7 Å². The second kappa shape index (κ2) is 8.20. The van der Waals surface area contributed by atoms with E-state index in [0.29, 0.717) is 6.61 Å². The van der Waals surface area contributed by atoms with E-state index in [9.17, 15) is 9.59 Å². The predicted octanol–water partition coefficient (Wildman–Crippen LogP) is 1.25. The molecule has 20 heavy (non-hydrogen) atoms. The Balaban J connectivity index is 2.59. The van der Waals surface area contributed by atoms with Crippen molar-refractivity contribution in [3.63, 3.8) is 0 Å². The molecule has 0 aliphatic heterocycles. The van der Waals surface area contributed by atoms with E-state index < -0.39 is 6.16 Å². The van der Waals surface area contributed by atoms with Crippen molar-refractivity contribution < 1.29 is 23.8 Å². The van der Waals surface area contributed by atoms with Crippen molar-refractivity contribution in [3.8, 4) is 5.75 Å². The largest absolute Gasteiger partial charge is 0.514 e. The molecular weight excluding hydrogens is 286 g/mol. The summed E-state index contributed by atoms with van der Waals surface area (Å²) in [4.78, 5) is 30.1. The van der Waals surface area contributed by atoms with Gasteiger partial charge in [-0.25, -0.2) is 14.8 Å². The second-order valence-electron chi connectivity index (χ2n) is 3.28. The Bertz CT molecular complexity index is 483. The van der Waals surface area contributed by atoms with Crippen molar-refractivity contribution in [2.75, 3.05) is 24.7 Å². The van der Waals surface area contributed by atoms with Crippen LogP contribution in [-0.4, -0.2) is 41.1 Å². The molecule has 110 valence electrons. The summed E-state index contributed by atoms with van der Waals surface area (Å²) in [7, 11) is 0. The Morgan fingerprint density at radius 1 is 1.30 bits per heavy atom. The van der Waals surface area contributed by atoms with E-state index in [1.165, 1.54) is 6.20 Å². The maximum Gasteiger partial charge on any atom is 0.514 e. The summed E-state index contributed by atoms with van der Waals surface area (Å²) in [5.74, 6) is -0.305. The van der Waals surface area contributed by atoms with Gasteiger partial charge in [-0.3, -0.25) is 4.79 Å². The molecule has 0 saturated carbocycles. The molecule has 0 fully saturated rings. The van der Waals surface area contributed by atoms with Gasteiger partial charge in [0.1, 0.15) is 0 Å². The molecule has 2 N–H and O–H groups in total. The third-order valence-corrected chi connectivity index (χ3v) is 2.68. The maximum absolute atomic E-state index is 11.2. The zero-order valence-electron chi connectivity index (χ0n) is 11.1. The van der Waals surface area contributed by atoms with Crippen molar-refractivity contribution in [3.05, 3.63) is 6.20 Å². The van der Waals surface area contributed by atoms with E-state index in [-0.39, 0.29) is 35.1 Å². The van der Waals surface area contributed by atoms with Crippen LogP contribution in [0.2, 0.25) is 0 Å². The van der Waals surface area contributed by atoms with Gasteiger partial charge in [-0.1, -0.05) is 11.8 Å². The van der Waals surface area contributed by atoms with Gasteiger partial charge in [-0.2, -0.15) is 0 Å². The van der Waals surface area contributed by atoms with Crippen LogP contribution in [0, 0.1) is 0 Å². The van der Waals surface area contributed by atoms with Crippen LogP contribution in [0.5, 0.6) is 5.75 Å². The van der Waals surface area contributed by atoms with E-state index >= 15 is 0 Å². The number of anilines is 1. The molecule has 0 radical (unpaired) electrons. The van der Waals surface area contributed by atoms with E-state index in [1.54, 1.807) is 13.8 Å². The number of ether oxygens (including phenoxy) is 3. The summed E-state index contributed by atoms with van der Waals surface area (Å²) in [6.45, 7) is 3.87. The number of hydrogen-bond acceptors (Lipinski definition) is 9. The van der Waals surface area contributed by atoms with E-state index in [2.05, 4.69) is 14.7 Å². The monoisotopic (exact) mass is 301 g/mol. The summed E-state index contributed by atoms with van der Waals surface area (Å²) in [6.07, 6.45) is 0.363. The summed E-state index contributed by atoms with van der Waals surface area (Å²) < 4.78 is 14.2. The SMILES string of the molecule is CCOC(=O)CSc1ncc(OC(=O)OCC)c(N)n1. The zero-order chi connectivity index (χ0) is 15.0. The highest BCUT2D eigenvalue weighted by Crippen LogP contribution is 2.22. The van der Waals surface area contributed by atoms with Gasteiger partial charge in [0, 0.05) is 0 Å². The number of aromatic nitrogens is 2. The van der Waals surface area contributed by atoms with Crippen LogP contribution >= 0.6 is 11.8 Å². The Morgan fingerprint density at radius 2 is 2.00 bits per heavy atom. The lowest BCUT2D eigenvalue weighted by Gasteiger charge is -2.06. The topological polar surface area (TPSA) is 114 Å². The number of nitrogens with zero attached hydrogens (tertiary/aromatic N) is 2. The van der Waals surface area contributed by atoms with E-state index in [4.69, 9.17) is 15.2 Å². The third-order valence-electron chi connectivity index (χ3n) is 1.84. The Labute approximate surface area is 120 Å². The number of nitrogen functional groups attached to an aromatic ring is 1. The quantitative estimate of drug-likeness (QED) is 0.471. The fourth-order valence-corrected chi connectivity index (χ4v) is 1.70. The predicted molar refractivity (Wildman–Crippen MR) is 71.5 cm³/mol. The van der Waals surface area contributed by atoms with Gasteiger partial charge >= 0.3 is 12.1 Å². The summed E-state index contributed by atoms with van der Waals surface area (Å²) in [5, 5.41) is 0.284. The van der Waals surface area contributed by atoms with Crippen LogP contribution in [0.25, 0.3) is 0 Å². The number of rotatable bonds is 6. The van der Waals surface area contributed by atoms with Gasteiger partial charge in [0.2, 0.25) is 0 Å². The lowest BCUT2D eigenvalue weighted by atomic mass is 10.5. The standard InChI is InChI=1S/C11H15N3O5S/c1-3-17-8(15)6-20-10-13-5-7(9(12)14-10)19-11(16)18-4-2/h5H,3-4,6H2,1-2H3,(H2,12,13,14). The number of esters is 1. The highest BCUT2D eigenvalue weighted by Gasteiger charge is 2.12. The van der Waals surface area contributed by atoms with Gasteiger partial charge in [0.05, 0.1) is 25.2 Å². The molecule has 1 aromatic heterocycles. The summed E-state index contributed by atoms with van der Waals surface area (Å²) in [5.41, 5.74) is 5.62. The molecule has 0 unspecified atom stereocenters. The minimum absolute atomic E-state index is 0.00364. The van der Waals surface area contributed by atoms with Crippen molar-refractivity contribution in [2.45, 2.75) is 19.0 Å². The Hall–Kier alpha value is -2.03. The maximum atomic E-state index is 11.2. The molecular formula is C11H15N3O5S. The van der Waals surface area contributed by atoms with Gasteiger partial charge in [-0.15, -0.1) is 0 Å². The van der Waals surface area contributed by atoms with Crippen LogP contribution in [0.15, 0.2) is 11.4 Å². The highest BCUT2D eigenvalue weighted by atomic mass is 32.2. The molecule has 0 aromatic carbocycles. The molecule has 0 bridgehead atoms. The first-order valence-electron chi connectivity index (χ1n) is 5.82. The van der Waals surface area contributed by atoms with Crippen molar-refractivity contribution in [1.29, 1.82) is 0 Å². The Morgan fingerprint density at radius 3 is 2.60 bits per heavy atom. The fraction of sp³-hybridized carbons (Fsp3) is 0.455. The van der Waals surface area contributed by atoms with Crippen molar-refractivity contribution >= 4 is 29.7 Å². The zero-order valence-corrected chi connectivity index (χ0v) is 11.9. The highest BCUT2D eigenvalue weighted by molar-refractivity contribution is 7.99. The number of carbonyl (C=O) groups excluding carboxylic acids is 2.